The molecule has 20 heavy (non-hydrogen) atoms. The molecule has 1 aliphatic rings. The van der Waals surface area contributed by atoms with Gasteiger partial charge in [0.05, 0.1) is 0 Å². The molecule has 0 aromatic carbocycles. The van der Waals surface area contributed by atoms with Gasteiger partial charge in [-0.15, -0.1) is 0 Å². The van der Waals surface area contributed by atoms with Gasteiger partial charge < -0.3 is 15.0 Å². The largest absolute Gasteiger partial charge is 0.480 e. The number of amides is 1. The molecule has 0 bridgehead atoms. The van der Waals surface area contributed by atoms with E-state index in [0.29, 0.717) is 5.69 Å². The number of carbonyl (C=O) groups excluding carboxylic acids is 1. The van der Waals surface area contributed by atoms with E-state index >= 15 is 0 Å². The third-order valence-corrected chi connectivity index (χ3v) is 3.96. The van der Waals surface area contributed by atoms with E-state index in [1.165, 1.54) is 11.0 Å². The highest BCUT2D eigenvalue weighted by Crippen LogP contribution is 2.22. The van der Waals surface area contributed by atoms with Gasteiger partial charge in [0.25, 0.3) is 5.91 Å². The molecule has 1 fully saturated rings. The molecule has 5 heteroatoms. The molecule has 2 unspecified atom stereocenters. The fourth-order valence-electron chi connectivity index (χ4n) is 2.79. The van der Waals surface area contributed by atoms with E-state index < -0.39 is 5.97 Å². The lowest BCUT2D eigenvalue weighted by Crippen LogP contribution is -2.35. The quantitative estimate of drug-likeness (QED) is 0.830. The number of rotatable bonds is 4. The van der Waals surface area contributed by atoms with Crippen LogP contribution in [-0.4, -0.2) is 27.6 Å². The number of hydrogen-bond donors (Lipinski definition) is 2. The zero-order valence-electron chi connectivity index (χ0n) is 11.8. The second-order valence-electron chi connectivity index (χ2n) is 5.70. The molecule has 2 atom stereocenters. The minimum absolute atomic E-state index is 0.171. The summed E-state index contributed by atoms with van der Waals surface area (Å²) in [6.07, 6.45) is 7.14. The molecule has 1 aromatic rings. The molecule has 0 radical (unpaired) electrons. The summed E-state index contributed by atoms with van der Waals surface area (Å²) in [4.78, 5) is 23.0. The van der Waals surface area contributed by atoms with Crippen LogP contribution in [0.3, 0.4) is 0 Å². The van der Waals surface area contributed by atoms with Gasteiger partial charge in [0.15, 0.2) is 0 Å². The van der Waals surface area contributed by atoms with Crippen molar-refractivity contribution < 1.29 is 14.7 Å². The number of aromatic nitrogens is 1. The molecule has 0 spiro atoms. The van der Waals surface area contributed by atoms with Crippen molar-refractivity contribution in [2.75, 3.05) is 0 Å². The number of carboxylic acid groups (broad SMARTS) is 1. The van der Waals surface area contributed by atoms with Crippen molar-refractivity contribution in [2.24, 2.45) is 5.92 Å². The zero-order valence-corrected chi connectivity index (χ0v) is 11.8. The molecule has 110 valence electrons. The highest BCUT2D eigenvalue weighted by Gasteiger charge is 2.20. The number of carboxylic acids is 1. The molecular weight excluding hydrogens is 256 g/mol. The summed E-state index contributed by atoms with van der Waals surface area (Å²) < 4.78 is 1.47. The molecular formula is C15H22N2O3. The van der Waals surface area contributed by atoms with Gasteiger partial charge in [-0.05, 0) is 37.3 Å². The van der Waals surface area contributed by atoms with Crippen molar-refractivity contribution in [3.05, 3.63) is 24.0 Å². The van der Waals surface area contributed by atoms with Crippen molar-refractivity contribution in [3.63, 3.8) is 0 Å². The van der Waals surface area contributed by atoms with Crippen LogP contribution in [0.1, 0.15) is 49.5 Å². The lowest BCUT2D eigenvalue weighted by Gasteiger charge is -2.17. The first-order chi connectivity index (χ1) is 9.56. The first-order valence-electron chi connectivity index (χ1n) is 7.24. The van der Waals surface area contributed by atoms with Crippen LogP contribution in [0.2, 0.25) is 0 Å². The Morgan fingerprint density at radius 1 is 1.35 bits per heavy atom. The average Bonchev–Trinajstić information content (AvgIpc) is 2.73. The van der Waals surface area contributed by atoms with Crippen molar-refractivity contribution in [2.45, 2.75) is 51.6 Å². The highest BCUT2D eigenvalue weighted by atomic mass is 16.4. The van der Waals surface area contributed by atoms with Gasteiger partial charge in [0.1, 0.15) is 12.2 Å². The lowest BCUT2D eigenvalue weighted by molar-refractivity contribution is -0.137. The minimum atomic E-state index is -0.946. The third kappa shape index (κ3) is 3.85. The molecule has 1 heterocycles. The number of aliphatic carboxylic acids is 1. The maximum atomic E-state index is 12.2. The first-order valence-corrected chi connectivity index (χ1v) is 7.24. The molecule has 1 saturated carbocycles. The molecule has 1 aromatic heterocycles. The van der Waals surface area contributed by atoms with Gasteiger partial charge in [0, 0.05) is 12.2 Å². The molecule has 5 nitrogen and oxygen atoms in total. The van der Waals surface area contributed by atoms with Crippen molar-refractivity contribution in [1.82, 2.24) is 9.88 Å². The van der Waals surface area contributed by atoms with Gasteiger partial charge in [-0.25, -0.2) is 0 Å². The van der Waals surface area contributed by atoms with Crippen LogP contribution in [-0.2, 0) is 11.3 Å². The SMILES string of the molecule is CC1CCCC(NC(=O)c2cccn2CC(=O)O)CC1. The van der Waals surface area contributed by atoms with Crippen molar-refractivity contribution in [1.29, 1.82) is 0 Å². The Morgan fingerprint density at radius 2 is 2.15 bits per heavy atom. The van der Waals surface area contributed by atoms with E-state index in [0.717, 1.165) is 31.6 Å². The Bertz CT molecular complexity index is 481. The van der Waals surface area contributed by atoms with Crippen LogP contribution in [0.25, 0.3) is 0 Å². The monoisotopic (exact) mass is 278 g/mol. The van der Waals surface area contributed by atoms with Crippen molar-refractivity contribution >= 4 is 11.9 Å². The van der Waals surface area contributed by atoms with Gasteiger partial charge >= 0.3 is 5.97 Å². The summed E-state index contributed by atoms with van der Waals surface area (Å²) in [5.41, 5.74) is 0.421. The third-order valence-electron chi connectivity index (χ3n) is 3.96. The lowest BCUT2D eigenvalue weighted by atomic mass is 10.0. The molecule has 2 rings (SSSR count). The number of hydrogen-bond acceptors (Lipinski definition) is 2. The van der Waals surface area contributed by atoms with E-state index in [9.17, 15) is 9.59 Å². The summed E-state index contributed by atoms with van der Waals surface area (Å²) in [6, 6.07) is 3.57. The van der Waals surface area contributed by atoms with Crippen LogP contribution >= 0.6 is 0 Å². The molecule has 1 amide bonds. The van der Waals surface area contributed by atoms with Gasteiger partial charge in [-0.1, -0.05) is 19.8 Å². The Morgan fingerprint density at radius 3 is 2.90 bits per heavy atom. The fourth-order valence-corrected chi connectivity index (χ4v) is 2.79. The number of carbonyl (C=O) groups is 2. The Balaban J connectivity index is 1.97. The normalized spacial score (nSPS) is 23.1. The Labute approximate surface area is 119 Å². The molecule has 1 aliphatic carbocycles. The summed E-state index contributed by atoms with van der Waals surface area (Å²) in [6.45, 7) is 2.07. The zero-order chi connectivity index (χ0) is 14.5. The molecule has 0 aliphatic heterocycles. The minimum Gasteiger partial charge on any atom is -0.480 e. The van der Waals surface area contributed by atoms with Crippen LogP contribution in [0.15, 0.2) is 18.3 Å². The van der Waals surface area contributed by atoms with Crippen LogP contribution in [0, 0.1) is 5.92 Å². The van der Waals surface area contributed by atoms with Crippen LogP contribution in [0.4, 0.5) is 0 Å². The van der Waals surface area contributed by atoms with E-state index in [-0.39, 0.29) is 18.5 Å². The summed E-state index contributed by atoms with van der Waals surface area (Å²) in [5.74, 6) is -0.387. The smallest absolute Gasteiger partial charge is 0.323 e. The van der Waals surface area contributed by atoms with E-state index in [2.05, 4.69) is 12.2 Å². The van der Waals surface area contributed by atoms with E-state index in [4.69, 9.17) is 5.11 Å². The Kier molecular flexibility index (Phi) is 4.82. The maximum absolute atomic E-state index is 12.2. The van der Waals surface area contributed by atoms with E-state index in [1.807, 2.05) is 0 Å². The summed E-state index contributed by atoms with van der Waals surface area (Å²) in [5, 5.41) is 11.9. The van der Waals surface area contributed by atoms with Crippen LogP contribution < -0.4 is 5.32 Å². The number of nitrogens with one attached hydrogen (secondary N) is 1. The molecule has 0 saturated heterocycles. The second kappa shape index (κ2) is 6.59. The van der Waals surface area contributed by atoms with E-state index in [1.54, 1.807) is 18.3 Å². The topological polar surface area (TPSA) is 71.3 Å². The fraction of sp³-hybridized carbons (Fsp3) is 0.600. The predicted octanol–water partition coefficient (Wildman–Crippen LogP) is 2.27. The maximum Gasteiger partial charge on any atom is 0.323 e. The van der Waals surface area contributed by atoms with Crippen molar-refractivity contribution in [3.8, 4) is 0 Å². The number of nitrogens with zero attached hydrogens (tertiary/aromatic N) is 1. The van der Waals surface area contributed by atoms with Crippen LogP contribution in [0.5, 0.6) is 0 Å². The first kappa shape index (κ1) is 14.6. The molecule has 2 N–H and O–H groups in total. The van der Waals surface area contributed by atoms with Gasteiger partial charge in [-0.2, -0.15) is 0 Å². The summed E-state index contributed by atoms with van der Waals surface area (Å²) in [7, 11) is 0. The average molecular weight is 278 g/mol. The standard InChI is InChI=1S/C15H22N2O3/c1-11-4-2-5-12(8-7-11)16-15(20)13-6-3-9-17(13)10-14(18)19/h3,6,9,11-12H,2,4-5,7-8,10H2,1H3,(H,16,20)(H,18,19). The Hall–Kier alpha value is -1.78. The predicted molar refractivity (Wildman–Crippen MR) is 75.6 cm³/mol. The second-order valence-corrected chi connectivity index (χ2v) is 5.70. The summed E-state index contributed by atoms with van der Waals surface area (Å²) >= 11 is 0. The van der Waals surface area contributed by atoms with Gasteiger partial charge in [0.2, 0.25) is 0 Å². The highest BCUT2D eigenvalue weighted by molar-refractivity contribution is 5.93. The van der Waals surface area contributed by atoms with Gasteiger partial charge in [-0.3, -0.25) is 9.59 Å².